The second-order valence-corrected chi connectivity index (χ2v) is 3.76. The van der Waals surface area contributed by atoms with Gasteiger partial charge in [-0.05, 0) is 19.9 Å². The molecule has 1 rings (SSSR count). The molecule has 0 aliphatic carbocycles. The molecule has 92 valence electrons. The highest BCUT2D eigenvalue weighted by Gasteiger charge is 2.28. The van der Waals surface area contributed by atoms with E-state index in [1.54, 1.807) is 0 Å². The summed E-state index contributed by atoms with van der Waals surface area (Å²) in [5.41, 5.74) is 0.776. The molecule has 0 amide bonds. The Morgan fingerprint density at radius 2 is 2.19 bits per heavy atom. The molecule has 1 N–H and O–H groups in total. The van der Waals surface area contributed by atoms with Gasteiger partial charge in [0, 0.05) is 17.8 Å². The Labute approximate surface area is 92.6 Å². The van der Waals surface area contributed by atoms with Crippen LogP contribution in [0.4, 0.5) is 13.2 Å². The third kappa shape index (κ3) is 4.22. The Kier molecular flexibility index (Phi) is 4.35. The van der Waals surface area contributed by atoms with Crippen LogP contribution in [0.15, 0.2) is 12.4 Å². The zero-order valence-corrected chi connectivity index (χ0v) is 9.38. The largest absolute Gasteiger partial charge is 0.408 e. The van der Waals surface area contributed by atoms with E-state index in [1.807, 2.05) is 13.8 Å². The molecule has 3 nitrogen and oxygen atoms in total. The van der Waals surface area contributed by atoms with Crippen LogP contribution in [0.2, 0.25) is 0 Å². The number of halogens is 3. The van der Waals surface area contributed by atoms with Crippen molar-refractivity contribution < 1.29 is 13.2 Å². The van der Waals surface area contributed by atoms with Gasteiger partial charge in [0.1, 0.15) is 6.54 Å². The molecule has 1 heterocycles. The van der Waals surface area contributed by atoms with Crippen LogP contribution in [-0.2, 0) is 6.54 Å². The summed E-state index contributed by atoms with van der Waals surface area (Å²) in [4.78, 5) is 0. The normalized spacial score (nSPS) is 14.1. The van der Waals surface area contributed by atoms with E-state index in [0.717, 1.165) is 23.2 Å². The number of nitrogens with zero attached hydrogens (tertiary/aromatic N) is 2. The third-order valence-corrected chi connectivity index (χ3v) is 2.20. The lowest BCUT2D eigenvalue weighted by atomic mass is 10.2. The molecule has 1 atom stereocenters. The lowest BCUT2D eigenvalue weighted by Crippen LogP contribution is -2.19. The molecule has 0 saturated carbocycles. The molecule has 0 aliphatic heterocycles. The summed E-state index contributed by atoms with van der Waals surface area (Å²) < 4.78 is 37.1. The van der Waals surface area contributed by atoms with Crippen LogP contribution in [-0.4, -0.2) is 22.5 Å². The number of aromatic nitrogens is 2. The summed E-state index contributed by atoms with van der Waals surface area (Å²) >= 11 is 0. The summed E-state index contributed by atoms with van der Waals surface area (Å²) in [6.07, 6.45) is -0.329. The van der Waals surface area contributed by atoms with E-state index < -0.39 is 12.7 Å². The lowest BCUT2D eigenvalue weighted by molar-refractivity contribution is -0.142. The Balaban J connectivity index is 2.57. The van der Waals surface area contributed by atoms with Gasteiger partial charge in [-0.25, -0.2) is 0 Å². The summed E-state index contributed by atoms with van der Waals surface area (Å²) in [5.74, 6) is 0. The van der Waals surface area contributed by atoms with Crippen molar-refractivity contribution in [2.45, 2.75) is 39.0 Å². The fourth-order valence-corrected chi connectivity index (χ4v) is 1.35. The van der Waals surface area contributed by atoms with Gasteiger partial charge in [0.15, 0.2) is 0 Å². The molecular formula is C10H16F3N3. The minimum absolute atomic E-state index is 0.0296. The van der Waals surface area contributed by atoms with Crippen LogP contribution in [0.5, 0.6) is 0 Å². The first-order valence-electron chi connectivity index (χ1n) is 5.25. The van der Waals surface area contributed by atoms with Crippen LogP contribution >= 0.6 is 0 Å². The van der Waals surface area contributed by atoms with Crippen LogP contribution < -0.4 is 5.32 Å². The molecule has 0 bridgehead atoms. The molecule has 0 saturated heterocycles. The molecule has 1 aromatic heterocycles. The highest BCUT2D eigenvalue weighted by atomic mass is 19.4. The number of rotatable bonds is 5. The second kappa shape index (κ2) is 5.34. The van der Waals surface area contributed by atoms with Gasteiger partial charge >= 0.3 is 6.18 Å². The molecule has 0 aliphatic rings. The molecular weight excluding hydrogens is 219 g/mol. The molecule has 0 radical (unpaired) electrons. The zero-order chi connectivity index (χ0) is 12.2. The van der Waals surface area contributed by atoms with E-state index in [9.17, 15) is 13.2 Å². The Morgan fingerprint density at radius 1 is 1.50 bits per heavy atom. The summed E-state index contributed by atoms with van der Waals surface area (Å²) in [6, 6.07) is 0.0296. The van der Waals surface area contributed by atoms with Crippen molar-refractivity contribution >= 4 is 0 Å². The van der Waals surface area contributed by atoms with Crippen molar-refractivity contribution in [3.05, 3.63) is 18.0 Å². The van der Waals surface area contributed by atoms with E-state index in [0.29, 0.717) is 0 Å². The quantitative estimate of drug-likeness (QED) is 0.849. The van der Waals surface area contributed by atoms with Crippen molar-refractivity contribution in [2.24, 2.45) is 0 Å². The lowest BCUT2D eigenvalue weighted by Gasteiger charge is -2.10. The Bertz CT molecular complexity index is 319. The first kappa shape index (κ1) is 13.0. The van der Waals surface area contributed by atoms with Crippen LogP contribution in [0.1, 0.15) is 31.9 Å². The maximum atomic E-state index is 12.1. The number of nitrogens with one attached hydrogen (secondary N) is 1. The van der Waals surface area contributed by atoms with Gasteiger partial charge in [-0.2, -0.15) is 18.3 Å². The molecule has 0 spiro atoms. The van der Waals surface area contributed by atoms with E-state index >= 15 is 0 Å². The van der Waals surface area contributed by atoms with Crippen molar-refractivity contribution in [3.63, 3.8) is 0 Å². The smallest absolute Gasteiger partial charge is 0.310 e. The van der Waals surface area contributed by atoms with Crippen molar-refractivity contribution in [2.75, 3.05) is 6.54 Å². The van der Waals surface area contributed by atoms with Gasteiger partial charge in [0.25, 0.3) is 0 Å². The summed E-state index contributed by atoms with van der Waals surface area (Å²) in [7, 11) is 0. The maximum absolute atomic E-state index is 12.1. The van der Waals surface area contributed by atoms with Gasteiger partial charge in [-0.1, -0.05) is 6.92 Å². The van der Waals surface area contributed by atoms with Crippen molar-refractivity contribution in [1.29, 1.82) is 0 Å². The summed E-state index contributed by atoms with van der Waals surface area (Å²) in [6.45, 7) is 3.75. The minimum Gasteiger partial charge on any atom is -0.310 e. The van der Waals surface area contributed by atoms with Crippen LogP contribution in [0.3, 0.4) is 0 Å². The molecule has 6 heteroatoms. The van der Waals surface area contributed by atoms with E-state index in [4.69, 9.17) is 0 Å². The predicted molar refractivity (Wildman–Crippen MR) is 55.0 cm³/mol. The third-order valence-electron chi connectivity index (χ3n) is 2.20. The minimum atomic E-state index is -4.22. The van der Waals surface area contributed by atoms with Gasteiger partial charge in [0.2, 0.25) is 0 Å². The van der Waals surface area contributed by atoms with Crippen molar-refractivity contribution in [1.82, 2.24) is 15.1 Å². The molecule has 1 unspecified atom stereocenters. The number of hydrogen-bond acceptors (Lipinski definition) is 2. The van der Waals surface area contributed by atoms with Gasteiger partial charge in [0.05, 0.1) is 6.20 Å². The average Bonchev–Trinajstić information content (AvgIpc) is 2.59. The standard InChI is InChI=1S/C10H16F3N3/c1-3-4-14-8(2)9-5-15-16(6-9)7-10(11,12)13/h5-6,8,14H,3-4,7H2,1-2H3. The summed E-state index contributed by atoms with van der Waals surface area (Å²) in [5, 5.41) is 6.88. The SMILES string of the molecule is CCCNC(C)c1cnn(CC(F)(F)F)c1. The first-order chi connectivity index (χ1) is 7.42. The molecule has 0 fully saturated rings. The highest BCUT2D eigenvalue weighted by molar-refractivity contribution is 5.09. The van der Waals surface area contributed by atoms with Gasteiger partial charge < -0.3 is 5.32 Å². The Hall–Kier alpha value is -1.04. The monoisotopic (exact) mass is 235 g/mol. The highest BCUT2D eigenvalue weighted by Crippen LogP contribution is 2.18. The zero-order valence-electron chi connectivity index (χ0n) is 9.38. The van der Waals surface area contributed by atoms with Crippen LogP contribution in [0, 0.1) is 0 Å². The number of hydrogen-bond donors (Lipinski definition) is 1. The Morgan fingerprint density at radius 3 is 2.75 bits per heavy atom. The number of alkyl halides is 3. The van der Waals surface area contributed by atoms with E-state index in [1.165, 1.54) is 12.4 Å². The molecule has 16 heavy (non-hydrogen) atoms. The van der Waals surface area contributed by atoms with E-state index in [2.05, 4.69) is 10.4 Å². The van der Waals surface area contributed by atoms with Gasteiger partial charge in [-0.15, -0.1) is 0 Å². The maximum Gasteiger partial charge on any atom is 0.408 e. The van der Waals surface area contributed by atoms with E-state index in [-0.39, 0.29) is 6.04 Å². The molecule has 0 aromatic carbocycles. The average molecular weight is 235 g/mol. The fourth-order valence-electron chi connectivity index (χ4n) is 1.35. The second-order valence-electron chi connectivity index (χ2n) is 3.76. The van der Waals surface area contributed by atoms with Crippen molar-refractivity contribution in [3.8, 4) is 0 Å². The fraction of sp³-hybridized carbons (Fsp3) is 0.700. The predicted octanol–water partition coefficient (Wildman–Crippen LogP) is 2.51. The first-order valence-corrected chi connectivity index (χ1v) is 5.25. The van der Waals surface area contributed by atoms with Gasteiger partial charge in [-0.3, -0.25) is 4.68 Å². The van der Waals surface area contributed by atoms with Crippen LogP contribution in [0.25, 0.3) is 0 Å². The molecule has 1 aromatic rings. The topological polar surface area (TPSA) is 29.9 Å².